The molecule has 374 valence electrons. The second-order valence-corrected chi connectivity index (χ2v) is 19.6. The van der Waals surface area contributed by atoms with Crippen LogP contribution in [0.25, 0.3) is 0 Å². The summed E-state index contributed by atoms with van der Waals surface area (Å²) in [5, 5.41) is 0. The van der Waals surface area contributed by atoms with E-state index in [-0.39, 0.29) is 31.1 Å². The summed E-state index contributed by atoms with van der Waals surface area (Å²) in [6.45, 7) is 6.68. The minimum atomic E-state index is -0.760. The highest BCUT2D eigenvalue weighted by Crippen LogP contribution is 2.18. The molecule has 1 unspecified atom stereocenters. The van der Waals surface area contributed by atoms with Crippen molar-refractivity contribution >= 4 is 17.9 Å². The first-order valence-corrected chi connectivity index (χ1v) is 28.5. The van der Waals surface area contributed by atoms with Crippen LogP contribution >= 0.6 is 0 Å². The Morgan fingerprint density at radius 2 is 0.429 bits per heavy atom. The Labute approximate surface area is 393 Å². The van der Waals surface area contributed by atoms with Crippen molar-refractivity contribution in [3.05, 3.63) is 0 Å². The molecule has 0 aliphatic carbocycles. The number of hydrogen-bond acceptors (Lipinski definition) is 6. The average Bonchev–Trinajstić information content (AvgIpc) is 3.28. The Balaban J connectivity index is 4.17. The third kappa shape index (κ3) is 51.3. The first kappa shape index (κ1) is 61.4. The standard InChI is InChI=1S/C57H110O6/c1-4-7-10-13-16-19-21-23-25-27-29-31-32-34-36-38-41-44-47-50-56(59)62-53-54(52-61-55(58)49-46-43-40-18-15-12-9-6-3)63-57(60)51-48-45-42-39-37-35-33-30-28-26-24-22-20-17-14-11-8-5-2/h54H,4-53H2,1-3H3. The highest BCUT2D eigenvalue weighted by atomic mass is 16.6. The molecule has 0 heterocycles. The Morgan fingerprint density at radius 1 is 0.254 bits per heavy atom. The van der Waals surface area contributed by atoms with Gasteiger partial charge in [0.1, 0.15) is 13.2 Å². The van der Waals surface area contributed by atoms with Crippen molar-refractivity contribution in [2.45, 2.75) is 335 Å². The van der Waals surface area contributed by atoms with Crippen molar-refractivity contribution in [3.8, 4) is 0 Å². The fourth-order valence-electron chi connectivity index (χ4n) is 8.80. The van der Waals surface area contributed by atoms with Crippen LogP contribution in [0.5, 0.6) is 0 Å². The second kappa shape index (κ2) is 53.0. The number of ether oxygens (including phenoxy) is 3. The van der Waals surface area contributed by atoms with Crippen LogP contribution in [0.15, 0.2) is 0 Å². The zero-order chi connectivity index (χ0) is 45.8. The third-order valence-corrected chi connectivity index (χ3v) is 13.1. The lowest BCUT2D eigenvalue weighted by molar-refractivity contribution is -0.167. The van der Waals surface area contributed by atoms with Gasteiger partial charge < -0.3 is 14.2 Å². The van der Waals surface area contributed by atoms with E-state index in [9.17, 15) is 14.4 Å². The van der Waals surface area contributed by atoms with Crippen molar-refractivity contribution < 1.29 is 28.6 Å². The van der Waals surface area contributed by atoms with Gasteiger partial charge in [0.05, 0.1) is 0 Å². The average molecular weight is 892 g/mol. The number of carbonyl (C=O) groups excluding carboxylic acids is 3. The van der Waals surface area contributed by atoms with Crippen LogP contribution in [-0.2, 0) is 28.6 Å². The van der Waals surface area contributed by atoms with Gasteiger partial charge in [-0.25, -0.2) is 0 Å². The largest absolute Gasteiger partial charge is 0.462 e. The summed E-state index contributed by atoms with van der Waals surface area (Å²) in [6, 6.07) is 0. The van der Waals surface area contributed by atoms with E-state index in [4.69, 9.17) is 14.2 Å². The van der Waals surface area contributed by atoms with E-state index in [0.717, 1.165) is 57.8 Å². The Kier molecular flexibility index (Phi) is 51.7. The highest BCUT2D eigenvalue weighted by Gasteiger charge is 2.19. The summed E-state index contributed by atoms with van der Waals surface area (Å²) >= 11 is 0. The number of rotatable bonds is 53. The number of unbranched alkanes of at least 4 members (excludes halogenated alkanes) is 42. The van der Waals surface area contributed by atoms with Crippen molar-refractivity contribution in [2.75, 3.05) is 13.2 Å². The normalized spacial score (nSPS) is 11.9. The molecular formula is C57H110O6. The molecule has 63 heavy (non-hydrogen) atoms. The SMILES string of the molecule is CCCCCCCCCCCCCCCCCCCCCC(=O)OCC(COC(=O)CCCCCCCCCC)OC(=O)CCCCCCCCCCCCCCCCCCCC. The van der Waals surface area contributed by atoms with Gasteiger partial charge in [-0.15, -0.1) is 0 Å². The van der Waals surface area contributed by atoms with Crippen LogP contribution in [0.4, 0.5) is 0 Å². The van der Waals surface area contributed by atoms with E-state index in [1.165, 1.54) is 231 Å². The maximum absolute atomic E-state index is 12.8. The number of hydrogen-bond donors (Lipinski definition) is 0. The summed E-state index contributed by atoms with van der Waals surface area (Å²) < 4.78 is 16.8. The van der Waals surface area contributed by atoms with E-state index >= 15 is 0 Å². The third-order valence-electron chi connectivity index (χ3n) is 13.1. The van der Waals surface area contributed by atoms with Gasteiger partial charge >= 0.3 is 17.9 Å². The molecule has 0 aliphatic rings. The van der Waals surface area contributed by atoms with E-state index in [1.807, 2.05) is 0 Å². The van der Waals surface area contributed by atoms with Crippen molar-refractivity contribution in [1.82, 2.24) is 0 Å². The van der Waals surface area contributed by atoms with Crippen LogP contribution < -0.4 is 0 Å². The summed E-state index contributed by atoms with van der Waals surface area (Å²) in [5.41, 5.74) is 0. The Morgan fingerprint density at radius 3 is 0.635 bits per heavy atom. The van der Waals surface area contributed by atoms with Crippen LogP contribution in [0.2, 0.25) is 0 Å². The predicted molar refractivity (Wildman–Crippen MR) is 270 cm³/mol. The van der Waals surface area contributed by atoms with E-state index in [2.05, 4.69) is 20.8 Å². The van der Waals surface area contributed by atoms with Gasteiger partial charge in [-0.3, -0.25) is 14.4 Å². The lowest BCUT2D eigenvalue weighted by Crippen LogP contribution is -2.30. The predicted octanol–water partition coefficient (Wildman–Crippen LogP) is 18.8. The van der Waals surface area contributed by atoms with Crippen molar-refractivity contribution in [3.63, 3.8) is 0 Å². The Bertz CT molecular complexity index is 936. The first-order chi connectivity index (χ1) is 31.0. The molecule has 0 fully saturated rings. The zero-order valence-electron chi connectivity index (χ0n) is 42.9. The lowest BCUT2D eigenvalue weighted by Gasteiger charge is -2.18. The van der Waals surface area contributed by atoms with Gasteiger partial charge in [-0.1, -0.05) is 290 Å². The first-order valence-electron chi connectivity index (χ1n) is 28.5. The molecule has 0 rings (SSSR count). The van der Waals surface area contributed by atoms with Gasteiger partial charge in [-0.2, -0.15) is 0 Å². The van der Waals surface area contributed by atoms with Gasteiger partial charge in [0.25, 0.3) is 0 Å². The summed E-state index contributed by atoms with van der Waals surface area (Å²) in [5.74, 6) is -0.840. The van der Waals surface area contributed by atoms with E-state index < -0.39 is 6.10 Å². The van der Waals surface area contributed by atoms with E-state index in [1.54, 1.807) is 0 Å². The lowest BCUT2D eigenvalue weighted by atomic mass is 10.0. The highest BCUT2D eigenvalue weighted by molar-refractivity contribution is 5.71. The Hall–Kier alpha value is -1.59. The minimum absolute atomic E-state index is 0.0616. The fourth-order valence-corrected chi connectivity index (χ4v) is 8.80. The van der Waals surface area contributed by atoms with Crippen LogP contribution in [-0.4, -0.2) is 37.2 Å². The van der Waals surface area contributed by atoms with E-state index in [0.29, 0.717) is 19.3 Å². The van der Waals surface area contributed by atoms with Crippen LogP contribution in [0.1, 0.15) is 329 Å². The minimum Gasteiger partial charge on any atom is -0.462 e. The molecule has 0 aromatic heterocycles. The van der Waals surface area contributed by atoms with Gasteiger partial charge in [0.2, 0.25) is 0 Å². The molecule has 0 aliphatic heterocycles. The maximum atomic E-state index is 12.8. The monoisotopic (exact) mass is 891 g/mol. The topological polar surface area (TPSA) is 78.9 Å². The molecule has 0 saturated heterocycles. The zero-order valence-corrected chi connectivity index (χ0v) is 42.9. The van der Waals surface area contributed by atoms with Gasteiger partial charge in [0, 0.05) is 19.3 Å². The summed E-state index contributed by atoms with van der Waals surface area (Å²) in [6.07, 6.45) is 58.2. The maximum Gasteiger partial charge on any atom is 0.306 e. The molecule has 0 spiro atoms. The molecule has 0 radical (unpaired) electrons. The van der Waals surface area contributed by atoms with Crippen molar-refractivity contribution in [1.29, 1.82) is 0 Å². The quantitative estimate of drug-likeness (QED) is 0.0344. The van der Waals surface area contributed by atoms with Crippen molar-refractivity contribution in [2.24, 2.45) is 0 Å². The molecule has 6 heteroatoms. The molecule has 6 nitrogen and oxygen atoms in total. The number of carbonyl (C=O) groups is 3. The molecule has 0 amide bonds. The number of esters is 3. The van der Waals surface area contributed by atoms with Crippen LogP contribution in [0, 0.1) is 0 Å². The summed E-state index contributed by atoms with van der Waals surface area (Å²) in [4.78, 5) is 38.0. The molecular weight excluding hydrogens is 781 g/mol. The molecule has 0 bridgehead atoms. The molecule has 0 N–H and O–H groups in total. The van der Waals surface area contributed by atoms with Crippen LogP contribution in [0.3, 0.4) is 0 Å². The molecule has 0 aromatic carbocycles. The van der Waals surface area contributed by atoms with Gasteiger partial charge in [-0.05, 0) is 19.3 Å². The second-order valence-electron chi connectivity index (χ2n) is 19.6. The summed E-state index contributed by atoms with van der Waals surface area (Å²) in [7, 11) is 0. The molecule has 0 aromatic rings. The molecule has 0 saturated carbocycles. The smallest absolute Gasteiger partial charge is 0.306 e. The fraction of sp³-hybridized carbons (Fsp3) is 0.947. The van der Waals surface area contributed by atoms with Gasteiger partial charge in [0.15, 0.2) is 6.10 Å². The molecule has 1 atom stereocenters.